The highest BCUT2D eigenvalue weighted by atomic mass is 16.5. The van der Waals surface area contributed by atoms with Crippen LogP contribution in [0.1, 0.15) is 47.9 Å². The third-order valence-electron chi connectivity index (χ3n) is 4.17. The van der Waals surface area contributed by atoms with Gasteiger partial charge in [-0.3, -0.25) is 9.89 Å². The zero-order chi connectivity index (χ0) is 16.2. The van der Waals surface area contributed by atoms with E-state index >= 15 is 0 Å². The van der Waals surface area contributed by atoms with Gasteiger partial charge in [0, 0.05) is 0 Å². The summed E-state index contributed by atoms with van der Waals surface area (Å²) < 4.78 is 5.90. The van der Waals surface area contributed by atoms with E-state index < -0.39 is 0 Å². The molecule has 2 aromatic heterocycles. The minimum atomic E-state index is -0.111. The van der Waals surface area contributed by atoms with Gasteiger partial charge < -0.3 is 10.1 Å². The van der Waals surface area contributed by atoms with E-state index in [0.29, 0.717) is 17.0 Å². The highest BCUT2D eigenvalue weighted by Crippen LogP contribution is 2.24. The standard InChI is InChI=1S/C16H21N5O2/c1-3-11-7-13(10(2)20-21-11)16(22)19-14-5-4-6-15(14)23-12-8-17-18-9-12/h7-9,14-15H,3-6H2,1-2H3,(H,17,18)(H,19,22)/t14-,15+/m0/s1. The first-order valence-electron chi connectivity index (χ1n) is 7.97. The highest BCUT2D eigenvalue weighted by Gasteiger charge is 2.31. The number of carbonyl (C=O) groups is 1. The molecule has 2 aromatic rings. The van der Waals surface area contributed by atoms with Crippen molar-refractivity contribution in [2.45, 2.75) is 51.7 Å². The molecule has 0 spiro atoms. The summed E-state index contributed by atoms with van der Waals surface area (Å²) >= 11 is 0. The molecule has 0 bridgehead atoms. The van der Waals surface area contributed by atoms with Crippen LogP contribution in [0.5, 0.6) is 5.75 Å². The summed E-state index contributed by atoms with van der Waals surface area (Å²) in [6, 6.07) is 1.81. The molecule has 2 atom stereocenters. The molecule has 1 aliphatic rings. The van der Waals surface area contributed by atoms with Gasteiger partial charge >= 0.3 is 0 Å². The molecule has 122 valence electrons. The molecule has 1 saturated carbocycles. The number of nitrogens with one attached hydrogen (secondary N) is 2. The number of aryl methyl sites for hydroxylation is 2. The first-order chi connectivity index (χ1) is 11.2. The Morgan fingerprint density at radius 2 is 2.30 bits per heavy atom. The highest BCUT2D eigenvalue weighted by molar-refractivity contribution is 5.95. The van der Waals surface area contributed by atoms with Crippen LogP contribution >= 0.6 is 0 Å². The smallest absolute Gasteiger partial charge is 0.253 e. The van der Waals surface area contributed by atoms with Gasteiger partial charge in [-0.05, 0) is 38.7 Å². The molecule has 2 heterocycles. The number of hydrogen-bond acceptors (Lipinski definition) is 5. The number of H-pyrrole nitrogens is 1. The lowest BCUT2D eigenvalue weighted by atomic mass is 10.1. The minimum absolute atomic E-state index is 0.00459. The average Bonchev–Trinajstić information content (AvgIpc) is 3.21. The molecule has 7 heteroatoms. The summed E-state index contributed by atoms with van der Waals surface area (Å²) in [7, 11) is 0. The Kier molecular flexibility index (Phi) is 4.55. The average molecular weight is 315 g/mol. The van der Waals surface area contributed by atoms with Crippen LogP contribution < -0.4 is 10.1 Å². The molecule has 3 rings (SSSR count). The van der Waals surface area contributed by atoms with Crippen LogP contribution in [0.2, 0.25) is 0 Å². The zero-order valence-corrected chi connectivity index (χ0v) is 13.4. The van der Waals surface area contributed by atoms with Crippen LogP contribution in [0.25, 0.3) is 0 Å². The lowest BCUT2D eigenvalue weighted by molar-refractivity contribution is 0.0892. The van der Waals surface area contributed by atoms with Crippen LogP contribution in [-0.4, -0.2) is 38.4 Å². The van der Waals surface area contributed by atoms with Gasteiger partial charge in [0.1, 0.15) is 6.10 Å². The Morgan fingerprint density at radius 3 is 3.04 bits per heavy atom. The van der Waals surface area contributed by atoms with E-state index in [1.54, 1.807) is 19.3 Å². The Labute approximate surface area is 134 Å². The van der Waals surface area contributed by atoms with Crippen molar-refractivity contribution in [1.29, 1.82) is 0 Å². The normalized spacial score (nSPS) is 20.4. The summed E-state index contributed by atoms with van der Waals surface area (Å²) in [6.45, 7) is 3.79. The maximum Gasteiger partial charge on any atom is 0.253 e. The van der Waals surface area contributed by atoms with E-state index in [9.17, 15) is 4.79 Å². The van der Waals surface area contributed by atoms with Gasteiger partial charge in [0.2, 0.25) is 0 Å². The maximum absolute atomic E-state index is 12.6. The molecular weight excluding hydrogens is 294 g/mol. The quantitative estimate of drug-likeness (QED) is 0.877. The third-order valence-corrected chi connectivity index (χ3v) is 4.17. The van der Waals surface area contributed by atoms with Crippen molar-refractivity contribution in [3.8, 4) is 5.75 Å². The zero-order valence-electron chi connectivity index (χ0n) is 13.4. The molecule has 23 heavy (non-hydrogen) atoms. The van der Waals surface area contributed by atoms with Gasteiger partial charge in [0.15, 0.2) is 5.75 Å². The van der Waals surface area contributed by atoms with Gasteiger partial charge in [-0.1, -0.05) is 6.92 Å². The molecule has 2 N–H and O–H groups in total. The summed E-state index contributed by atoms with van der Waals surface area (Å²) in [5.41, 5.74) is 2.05. The fourth-order valence-electron chi connectivity index (χ4n) is 2.85. The number of amides is 1. The number of rotatable bonds is 5. The van der Waals surface area contributed by atoms with Crippen LogP contribution in [0.15, 0.2) is 18.5 Å². The van der Waals surface area contributed by atoms with Crippen LogP contribution in [0, 0.1) is 6.92 Å². The number of carbonyl (C=O) groups excluding carboxylic acids is 1. The van der Waals surface area contributed by atoms with Crippen molar-refractivity contribution in [3.63, 3.8) is 0 Å². The molecule has 1 fully saturated rings. The Balaban J connectivity index is 1.69. The second-order valence-electron chi connectivity index (χ2n) is 5.79. The van der Waals surface area contributed by atoms with E-state index in [4.69, 9.17) is 4.74 Å². The van der Waals surface area contributed by atoms with Crippen LogP contribution in [0.3, 0.4) is 0 Å². The third kappa shape index (κ3) is 3.49. The first kappa shape index (κ1) is 15.5. The number of nitrogens with zero attached hydrogens (tertiary/aromatic N) is 3. The summed E-state index contributed by atoms with van der Waals surface area (Å²) in [5.74, 6) is 0.589. The van der Waals surface area contributed by atoms with E-state index in [0.717, 1.165) is 31.4 Å². The maximum atomic E-state index is 12.6. The predicted molar refractivity (Wildman–Crippen MR) is 84.3 cm³/mol. The largest absolute Gasteiger partial charge is 0.485 e. The molecule has 7 nitrogen and oxygen atoms in total. The van der Waals surface area contributed by atoms with Gasteiger partial charge in [-0.2, -0.15) is 15.3 Å². The fraction of sp³-hybridized carbons (Fsp3) is 0.500. The first-order valence-corrected chi connectivity index (χ1v) is 7.97. The molecule has 0 unspecified atom stereocenters. The molecule has 0 aliphatic heterocycles. The van der Waals surface area contributed by atoms with Gasteiger partial charge in [-0.15, -0.1) is 0 Å². The molecule has 1 aliphatic carbocycles. The second-order valence-corrected chi connectivity index (χ2v) is 5.79. The van der Waals surface area contributed by atoms with Crippen molar-refractivity contribution in [2.75, 3.05) is 0 Å². The van der Waals surface area contributed by atoms with E-state index in [2.05, 4.69) is 25.7 Å². The molecule has 0 aromatic carbocycles. The predicted octanol–water partition coefficient (Wildman–Crippen LogP) is 1.80. The van der Waals surface area contributed by atoms with Gasteiger partial charge in [-0.25, -0.2) is 0 Å². The summed E-state index contributed by atoms with van der Waals surface area (Å²) in [5, 5.41) is 17.8. The summed E-state index contributed by atoms with van der Waals surface area (Å²) in [4.78, 5) is 12.6. The lowest BCUT2D eigenvalue weighted by Gasteiger charge is -2.21. The SMILES string of the molecule is CCc1cc(C(=O)N[C@H]2CCC[C@H]2Oc2cn[nH]c2)c(C)nn1. The van der Waals surface area contributed by atoms with Crippen molar-refractivity contribution < 1.29 is 9.53 Å². The molecule has 1 amide bonds. The van der Waals surface area contributed by atoms with Crippen LogP contribution in [-0.2, 0) is 6.42 Å². The van der Waals surface area contributed by atoms with E-state index in [1.165, 1.54) is 0 Å². The van der Waals surface area contributed by atoms with Crippen molar-refractivity contribution in [1.82, 2.24) is 25.7 Å². The Morgan fingerprint density at radius 1 is 1.43 bits per heavy atom. The van der Waals surface area contributed by atoms with Crippen LogP contribution in [0.4, 0.5) is 0 Å². The Bertz CT molecular complexity index is 671. The lowest BCUT2D eigenvalue weighted by Crippen LogP contribution is -2.42. The number of aromatic nitrogens is 4. The van der Waals surface area contributed by atoms with Crippen molar-refractivity contribution >= 4 is 5.91 Å². The van der Waals surface area contributed by atoms with E-state index in [1.807, 2.05) is 13.0 Å². The minimum Gasteiger partial charge on any atom is -0.485 e. The van der Waals surface area contributed by atoms with Crippen molar-refractivity contribution in [2.24, 2.45) is 0 Å². The molecule has 0 saturated heterocycles. The topological polar surface area (TPSA) is 92.8 Å². The Hall–Kier alpha value is -2.44. The number of hydrogen-bond donors (Lipinski definition) is 2. The monoisotopic (exact) mass is 315 g/mol. The van der Waals surface area contributed by atoms with E-state index in [-0.39, 0.29) is 18.1 Å². The fourth-order valence-corrected chi connectivity index (χ4v) is 2.85. The molecular formula is C16H21N5O2. The summed E-state index contributed by atoms with van der Waals surface area (Å²) in [6.07, 6.45) is 6.93. The van der Waals surface area contributed by atoms with Gasteiger partial charge in [0.05, 0.1) is 35.4 Å². The number of aromatic amines is 1. The number of ether oxygens (including phenoxy) is 1. The molecule has 0 radical (unpaired) electrons. The van der Waals surface area contributed by atoms with Gasteiger partial charge in [0.25, 0.3) is 5.91 Å². The van der Waals surface area contributed by atoms with Crippen molar-refractivity contribution in [3.05, 3.63) is 35.4 Å². The second kappa shape index (κ2) is 6.76.